The lowest BCUT2D eigenvalue weighted by Crippen LogP contribution is -2.49. The Morgan fingerprint density at radius 3 is 2.37 bits per heavy atom. The number of piperidine rings is 1. The molecule has 1 fully saturated rings. The van der Waals surface area contributed by atoms with Gasteiger partial charge >= 0.3 is 6.09 Å². The molecule has 1 aliphatic heterocycles. The minimum atomic E-state index is -0.304. The first-order chi connectivity index (χ1) is 8.86. The van der Waals surface area contributed by atoms with Crippen LogP contribution in [0, 0.1) is 0 Å². The second kappa shape index (κ2) is 7.13. The van der Waals surface area contributed by atoms with E-state index in [1.54, 1.807) is 0 Å². The van der Waals surface area contributed by atoms with E-state index in [9.17, 15) is 4.79 Å². The molecule has 0 aromatic rings. The standard InChI is InChI=1S/C15H30N2O2/c1-6-7-13(4)17-10-8-15(5,9-11-17)19-14(18)16-12(2)3/h12-13H,6-11H2,1-5H3,(H,16,18). The van der Waals surface area contributed by atoms with Gasteiger partial charge in [-0.3, -0.25) is 0 Å². The van der Waals surface area contributed by atoms with Gasteiger partial charge in [0.25, 0.3) is 0 Å². The van der Waals surface area contributed by atoms with Gasteiger partial charge < -0.3 is 15.0 Å². The van der Waals surface area contributed by atoms with E-state index >= 15 is 0 Å². The summed E-state index contributed by atoms with van der Waals surface area (Å²) in [6.45, 7) is 12.5. The first kappa shape index (κ1) is 16.3. The minimum absolute atomic E-state index is 0.126. The van der Waals surface area contributed by atoms with Crippen LogP contribution in [-0.4, -0.2) is 41.8 Å². The van der Waals surface area contributed by atoms with Crippen LogP contribution in [-0.2, 0) is 4.74 Å². The van der Waals surface area contributed by atoms with Gasteiger partial charge in [-0.15, -0.1) is 0 Å². The molecule has 1 heterocycles. The van der Waals surface area contributed by atoms with Crippen LogP contribution >= 0.6 is 0 Å². The molecule has 1 unspecified atom stereocenters. The number of carbonyl (C=O) groups excluding carboxylic acids is 1. The summed E-state index contributed by atoms with van der Waals surface area (Å²) < 4.78 is 5.60. The fraction of sp³-hybridized carbons (Fsp3) is 0.933. The lowest BCUT2D eigenvalue weighted by atomic mass is 9.92. The predicted molar refractivity (Wildman–Crippen MR) is 78.3 cm³/mol. The molecule has 0 spiro atoms. The zero-order chi connectivity index (χ0) is 14.5. The average Bonchev–Trinajstić information content (AvgIpc) is 2.28. The Balaban J connectivity index is 2.40. The van der Waals surface area contributed by atoms with Crippen LogP contribution in [0.3, 0.4) is 0 Å². The van der Waals surface area contributed by atoms with Gasteiger partial charge in [-0.2, -0.15) is 0 Å². The first-order valence-electron chi connectivity index (χ1n) is 7.60. The van der Waals surface area contributed by atoms with Gasteiger partial charge in [-0.05, 0) is 47.0 Å². The van der Waals surface area contributed by atoms with Crippen LogP contribution in [0.4, 0.5) is 4.79 Å². The van der Waals surface area contributed by atoms with E-state index in [1.165, 1.54) is 12.8 Å². The Hall–Kier alpha value is -0.770. The van der Waals surface area contributed by atoms with E-state index in [4.69, 9.17) is 4.74 Å². The molecule has 112 valence electrons. The molecule has 19 heavy (non-hydrogen) atoms. The van der Waals surface area contributed by atoms with Crippen molar-refractivity contribution in [1.29, 1.82) is 0 Å². The van der Waals surface area contributed by atoms with Gasteiger partial charge in [-0.25, -0.2) is 4.79 Å². The molecular formula is C15H30N2O2. The first-order valence-corrected chi connectivity index (χ1v) is 7.60. The maximum Gasteiger partial charge on any atom is 0.407 e. The van der Waals surface area contributed by atoms with Crippen molar-refractivity contribution in [3.63, 3.8) is 0 Å². The maximum absolute atomic E-state index is 11.7. The molecule has 1 saturated heterocycles. The zero-order valence-electron chi connectivity index (χ0n) is 13.2. The summed E-state index contributed by atoms with van der Waals surface area (Å²) in [4.78, 5) is 14.2. The molecule has 0 aromatic heterocycles. The Bertz CT molecular complexity index is 284. The highest BCUT2D eigenvalue weighted by Gasteiger charge is 2.34. The van der Waals surface area contributed by atoms with E-state index in [-0.39, 0.29) is 17.7 Å². The third-order valence-electron chi connectivity index (χ3n) is 3.93. The number of hydrogen-bond acceptors (Lipinski definition) is 3. The Labute approximate surface area is 117 Å². The Morgan fingerprint density at radius 2 is 1.89 bits per heavy atom. The molecule has 4 nitrogen and oxygen atoms in total. The number of likely N-dealkylation sites (tertiary alicyclic amines) is 1. The van der Waals surface area contributed by atoms with Crippen LogP contribution in [0.25, 0.3) is 0 Å². The van der Waals surface area contributed by atoms with Crippen molar-refractivity contribution in [2.45, 2.75) is 78.0 Å². The zero-order valence-corrected chi connectivity index (χ0v) is 13.2. The molecule has 1 N–H and O–H groups in total. The number of carbonyl (C=O) groups is 1. The van der Waals surface area contributed by atoms with Crippen molar-refractivity contribution in [2.24, 2.45) is 0 Å². The van der Waals surface area contributed by atoms with Crippen molar-refractivity contribution < 1.29 is 9.53 Å². The quantitative estimate of drug-likeness (QED) is 0.834. The highest BCUT2D eigenvalue weighted by Crippen LogP contribution is 2.27. The van der Waals surface area contributed by atoms with Crippen molar-refractivity contribution >= 4 is 6.09 Å². The number of ether oxygens (including phenoxy) is 1. The monoisotopic (exact) mass is 270 g/mol. The SMILES string of the molecule is CCCC(C)N1CCC(C)(OC(=O)NC(C)C)CC1. The number of hydrogen-bond donors (Lipinski definition) is 1. The molecule has 1 rings (SSSR count). The molecule has 0 aromatic carbocycles. The van der Waals surface area contributed by atoms with Crippen LogP contribution in [0.1, 0.15) is 60.3 Å². The normalized spacial score (nSPS) is 21.2. The topological polar surface area (TPSA) is 41.6 Å². The van der Waals surface area contributed by atoms with Gasteiger partial charge in [0.05, 0.1) is 0 Å². The van der Waals surface area contributed by atoms with Gasteiger partial charge in [0.15, 0.2) is 0 Å². The molecule has 0 saturated carbocycles. The van der Waals surface area contributed by atoms with E-state index in [1.807, 2.05) is 13.8 Å². The Kier molecular flexibility index (Phi) is 6.11. The van der Waals surface area contributed by atoms with Crippen LogP contribution in [0.5, 0.6) is 0 Å². The van der Waals surface area contributed by atoms with Crippen molar-refractivity contribution in [2.75, 3.05) is 13.1 Å². The lowest BCUT2D eigenvalue weighted by molar-refractivity contribution is -0.0304. The van der Waals surface area contributed by atoms with E-state index in [0.29, 0.717) is 6.04 Å². The molecule has 1 aliphatic rings. The maximum atomic E-state index is 11.7. The van der Waals surface area contributed by atoms with Gasteiger partial charge in [-0.1, -0.05) is 13.3 Å². The van der Waals surface area contributed by atoms with Gasteiger partial charge in [0.2, 0.25) is 0 Å². The Morgan fingerprint density at radius 1 is 1.32 bits per heavy atom. The summed E-state index contributed by atoms with van der Waals surface area (Å²) in [5, 5.41) is 2.79. The van der Waals surface area contributed by atoms with Crippen molar-refractivity contribution in [3.05, 3.63) is 0 Å². The molecule has 4 heteroatoms. The summed E-state index contributed by atoms with van der Waals surface area (Å²) in [6, 6.07) is 0.764. The number of alkyl carbamates (subject to hydrolysis) is 1. The summed E-state index contributed by atoms with van der Waals surface area (Å²) >= 11 is 0. The molecule has 0 bridgehead atoms. The number of rotatable bonds is 5. The molecule has 0 aliphatic carbocycles. The third kappa shape index (κ3) is 5.39. The number of amides is 1. The largest absolute Gasteiger partial charge is 0.443 e. The fourth-order valence-corrected chi connectivity index (χ4v) is 2.63. The fourth-order valence-electron chi connectivity index (χ4n) is 2.63. The molecule has 0 radical (unpaired) electrons. The predicted octanol–water partition coefficient (Wildman–Crippen LogP) is 3.16. The van der Waals surface area contributed by atoms with Crippen LogP contribution < -0.4 is 5.32 Å². The highest BCUT2D eigenvalue weighted by molar-refractivity contribution is 5.68. The molecular weight excluding hydrogens is 240 g/mol. The summed E-state index contributed by atoms with van der Waals surface area (Å²) in [7, 11) is 0. The smallest absolute Gasteiger partial charge is 0.407 e. The summed E-state index contributed by atoms with van der Waals surface area (Å²) in [5.41, 5.74) is -0.304. The van der Waals surface area contributed by atoms with E-state index < -0.39 is 0 Å². The number of nitrogens with zero attached hydrogens (tertiary/aromatic N) is 1. The summed E-state index contributed by atoms with van der Waals surface area (Å²) in [6.07, 6.45) is 4.03. The lowest BCUT2D eigenvalue weighted by Gasteiger charge is -2.41. The van der Waals surface area contributed by atoms with E-state index in [2.05, 4.69) is 31.0 Å². The van der Waals surface area contributed by atoms with Crippen molar-refractivity contribution in [1.82, 2.24) is 10.2 Å². The van der Waals surface area contributed by atoms with Crippen LogP contribution in [0.2, 0.25) is 0 Å². The average molecular weight is 270 g/mol. The molecule has 1 atom stereocenters. The number of nitrogens with one attached hydrogen (secondary N) is 1. The van der Waals surface area contributed by atoms with Gasteiger partial charge in [0, 0.05) is 25.2 Å². The van der Waals surface area contributed by atoms with E-state index in [0.717, 1.165) is 25.9 Å². The summed E-state index contributed by atoms with van der Waals surface area (Å²) in [5.74, 6) is 0. The minimum Gasteiger partial charge on any atom is -0.443 e. The van der Waals surface area contributed by atoms with Gasteiger partial charge in [0.1, 0.15) is 5.60 Å². The van der Waals surface area contributed by atoms with Crippen molar-refractivity contribution in [3.8, 4) is 0 Å². The second-order valence-electron chi connectivity index (χ2n) is 6.31. The van der Waals surface area contributed by atoms with Crippen LogP contribution in [0.15, 0.2) is 0 Å². The highest BCUT2D eigenvalue weighted by atomic mass is 16.6. The third-order valence-corrected chi connectivity index (χ3v) is 3.93. The second-order valence-corrected chi connectivity index (χ2v) is 6.31. The molecule has 1 amide bonds.